The lowest BCUT2D eigenvalue weighted by molar-refractivity contribution is -0.121. The molecule has 0 aliphatic carbocycles. The molecule has 0 radical (unpaired) electrons. The van der Waals surface area contributed by atoms with Crippen LogP contribution >= 0.6 is 27.3 Å². The van der Waals surface area contributed by atoms with E-state index >= 15 is 0 Å². The van der Waals surface area contributed by atoms with Crippen LogP contribution in [0.2, 0.25) is 0 Å². The summed E-state index contributed by atoms with van der Waals surface area (Å²) in [5.74, 6) is 0.0746. The van der Waals surface area contributed by atoms with Crippen LogP contribution in [-0.2, 0) is 11.2 Å². The van der Waals surface area contributed by atoms with Crippen LogP contribution in [0.25, 0.3) is 0 Å². The van der Waals surface area contributed by atoms with Crippen molar-refractivity contribution in [2.24, 2.45) is 5.41 Å². The number of aliphatic hydroxyl groups excluding tert-OH is 1. The summed E-state index contributed by atoms with van der Waals surface area (Å²) >= 11 is 5.06. The molecule has 3 nitrogen and oxygen atoms in total. The summed E-state index contributed by atoms with van der Waals surface area (Å²) in [5.41, 5.74) is -0.0453. The highest BCUT2D eigenvalue weighted by molar-refractivity contribution is 9.10. The first-order valence-electron chi connectivity index (χ1n) is 6.03. The Hall–Kier alpha value is -0.390. The molecule has 18 heavy (non-hydrogen) atoms. The Bertz CT molecular complexity index is 390. The van der Waals surface area contributed by atoms with Crippen LogP contribution < -0.4 is 5.32 Å². The van der Waals surface area contributed by atoms with E-state index in [4.69, 9.17) is 5.11 Å². The molecule has 1 heterocycles. The van der Waals surface area contributed by atoms with E-state index in [0.717, 1.165) is 10.9 Å². The zero-order valence-corrected chi connectivity index (χ0v) is 13.2. The molecule has 0 aliphatic heterocycles. The van der Waals surface area contributed by atoms with Crippen LogP contribution in [0.15, 0.2) is 15.9 Å². The molecule has 0 unspecified atom stereocenters. The van der Waals surface area contributed by atoms with Crippen molar-refractivity contribution >= 4 is 33.2 Å². The number of thiophene rings is 1. The summed E-state index contributed by atoms with van der Waals surface area (Å²) in [6.07, 6.45) is 2.00. The third-order valence-corrected chi connectivity index (χ3v) is 4.53. The zero-order valence-electron chi connectivity index (χ0n) is 10.8. The monoisotopic (exact) mass is 333 g/mol. The molecule has 1 aromatic heterocycles. The normalized spacial score (nSPS) is 11.6. The quantitative estimate of drug-likeness (QED) is 0.805. The zero-order chi connectivity index (χ0) is 13.6. The van der Waals surface area contributed by atoms with Gasteiger partial charge in [0.15, 0.2) is 0 Å². The van der Waals surface area contributed by atoms with Gasteiger partial charge < -0.3 is 10.4 Å². The standard InChI is InChI=1S/C13H20BrNO2S/c1-13(2,5-6-16)9-15-12(17)4-3-11-7-10(14)8-18-11/h7-8,16H,3-6,9H2,1-2H3,(H,15,17). The lowest BCUT2D eigenvalue weighted by Crippen LogP contribution is -2.34. The fraction of sp³-hybridized carbons (Fsp3) is 0.615. The van der Waals surface area contributed by atoms with Gasteiger partial charge >= 0.3 is 0 Å². The minimum atomic E-state index is -0.0453. The first kappa shape index (κ1) is 15.7. The number of aliphatic hydroxyl groups is 1. The number of carbonyl (C=O) groups is 1. The van der Waals surface area contributed by atoms with E-state index in [1.54, 1.807) is 11.3 Å². The van der Waals surface area contributed by atoms with Gasteiger partial charge in [0.1, 0.15) is 0 Å². The maximum absolute atomic E-state index is 11.7. The molecular weight excluding hydrogens is 314 g/mol. The van der Waals surface area contributed by atoms with Gasteiger partial charge in [-0.2, -0.15) is 0 Å². The Balaban J connectivity index is 2.26. The highest BCUT2D eigenvalue weighted by Crippen LogP contribution is 2.21. The van der Waals surface area contributed by atoms with Crippen molar-refractivity contribution in [3.63, 3.8) is 0 Å². The van der Waals surface area contributed by atoms with Gasteiger partial charge in [-0.3, -0.25) is 4.79 Å². The Morgan fingerprint density at radius 3 is 2.83 bits per heavy atom. The van der Waals surface area contributed by atoms with E-state index < -0.39 is 0 Å². The van der Waals surface area contributed by atoms with Crippen LogP contribution in [-0.4, -0.2) is 24.2 Å². The lowest BCUT2D eigenvalue weighted by atomic mass is 9.90. The van der Waals surface area contributed by atoms with Crippen molar-refractivity contribution < 1.29 is 9.90 Å². The number of halogens is 1. The van der Waals surface area contributed by atoms with Crippen LogP contribution in [0.5, 0.6) is 0 Å². The predicted octanol–water partition coefficient (Wildman–Crippen LogP) is 2.97. The topological polar surface area (TPSA) is 49.3 Å². The fourth-order valence-corrected chi connectivity index (χ4v) is 2.99. The van der Waals surface area contributed by atoms with E-state index in [9.17, 15) is 4.79 Å². The SMILES string of the molecule is CC(C)(CCO)CNC(=O)CCc1cc(Br)cs1. The minimum absolute atomic E-state index is 0.0453. The van der Waals surface area contributed by atoms with Gasteiger partial charge in [-0.15, -0.1) is 11.3 Å². The molecule has 102 valence electrons. The molecule has 0 aromatic carbocycles. The van der Waals surface area contributed by atoms with E-state index in [-0.39, 0.29) is 17.9 Å². The number of hydrogen-bond acceptors (Lipinski definition) is 3. The van der Waals surface area contributed by atoms with Gasteiger partial charge in [-0.25, -0.2) is 0 Å². The number of amides is 1. The second-order valence-corrected chi connectivity index (χ2v) is 7.06. The summed E-state index contributed by atoms with van der Waals surface area (Å²) in [7, 11) is 0. The number of hydrogen-bond donors (Lipinski definition) is 2. The predicted molar refractivity (Wildman–Crippen MR) is 78.8 cm³/mol. The van der Waals surface area contributed by atoms with Gasteiger partial charge in [-0.1, -0.05) is 13.8 Å². The third kappa shape index (κ3) is 5.98. The largest absolute Gasteiger partial charge is 0.396 e. The third-order valence-electron chi connectivity index (χ3n) is 2.77. The van der Waals surface area contributed by atoms with Crippen LogP contribution in [0, 0.1) is 5.41 Å². The van der Waals surface area contributed by atoms with E-state index in [2.05, 4.69) is 21.2 Å². The molecule has 2 N–H and O–H groups in total. The van der Waals surface area contributed by atoms with Crippen LogP contribution in [0.4, 0.5) is 0 Å². The number of aryl methyl sites for hydroxylation is 1. The van der Waals surface area contributed by atoms with E-state index in [1.807, 2.05) is 25.3 Å². The van der Waals surface area contributed by atoms with Crippen molar-refractivity contribution in [3.8, 4) is 0 Å². The second-order valence-electron chi connectivity index (χ2n) is 5.15. The first-order chi connectivity index (χ1) is 8.43. The van der Waals surface area contributed by atoms with Crippen LogP contribution in [0.3, 0.4) is 0 Å². The smallest absolute Gasteiger partial charge is 0.220 e. The van der Waals surface area contributed by atoms with Gasteiger partial charge in [0.05, 0.1) is 0 Å². The van der Waals surface area contributed by atoms with Crippen molar-refractivity contribution in [2.45, 2.75) is 33.1 Å². The summed E-state index contributed by atoms with van der Waals surface area (Å²) in [6.45, 7) is 4.85. The molecule has 1 aromatic rings. The number of rotatable bonds is 7. The molecule has 0 spiro atoms. The highest BCUT2D eigenvalue weighted by Gasteiger charge is 2.17. The summed E-state index contributed by atoms with van der Waals surface area (Å²) in [4.78, 5) is 12.9. The number of nitrogens with one attached hydrogen (secondary N) is 1. The van der Waals surface area contributed by atoms with E-state index in [1.165, 1.54) is 4.88 Å². The van der Waals surface area contributed by atoms with Crippen LogP contribution in [0.1, 0.15) is 31.6 Å². The molecule has 0 saturated heterocycles. The Morgan fingerprint density at radius 2 is 2.28 bits per heavy atom. The molecule has 5 heteroatoms. The fourth-order valence-electron chi connectivity index (χ4n) is 1.54. The first-order valence-corrected chi connectivity index (χ1v) is 7.71. The van der Waals surface area contributed by atoms with Crippen molar-refractivity contribution in [2.75, 3.05) is 13.2 Å². The average molecular weight is 334 g/mol. The Kier molecular flexibility index (Phi) is 6.32. The van der Waals surface area contributed by atoms with Gasteiger partial charge in [0.2, 0.25) is 5.91 Å². The maximum Gasteiger partial charge on any atom is 0.220 e. The molecule has 0 atom stereocenters. The summed E-state index contributed by atoms with van der Waals surface area (Å²) in [5, 5.41) is 13.9. The Morgan fingerprint density at radius 1 is 1.56 bits per heavy atom. The Labute approximate surface area is 121 Å². The van der Waals surface area contributed by atoms with Crippen molar-refractivity contribution in [3.05, 3.63) is 20.8 Å². The minimum Gasteiger partial charge on any atom is -0.396 e. The lowest BCUT2D eigenvalue weighted by Gasteiger charge is -2.23. The molecule has 0 fully saturated rings. The summed E-state index contributed by atoms with van der Waals surface area (Å²) in [6, 6.07) is 2.05. The molecule has 0 saturated carbocycles. The highest BCUT2D eigenvalue weighted by atomic mass is 79.9. The molecular formula is C13H20BrNO2S. The van der Waals surface area contributed by atoms with Crippen molar-refractivity contribution in [1.82, 2.24) is 5.32 Å². The average Bonchev–Trinajstić information content (AvgIpc) is 2.70. The van der Waals surface area contributed by atoms with Gasteiger partial charge in [-0.05, 0) is 40.3 Å². The maximum atomic E-state index is 11.7. The summed E-state index contributed by atoms with van der Waals surface area (Å²) < 4.78 is 1.08. The van der Waals surface area contributed by atoms with Gasteiger partial charge in [0.25, 0.3) is 0 Å². The molecule has 0 aliphatic rings. The molecule has 0 bridgehead atoms. The number of carbonyl (C=O) groups excluding carboxylic acids is 1. The van der Waals surface area contributed by atoms with Gasteiger partial charge in [0, 0.05) is 34.3 Å². The van der Waals surface area contributed by atoms with Crippen molar-refractivity contribution in [1.29, 1.82) is 0 Å². The second kappa shape index (κ2) is 7.26. The van der Waals surface area contributed by atoms with E-state index in [0.29, 0.717) is 19.4 Å². The molecule has 1 rings (SSSR count). The molecule has 1 amide bonds.